The summed E-state index contributed by atoms with van der Waals surface area (Å²) < 4.78 is 5.95. The number of aromatic amines is 2. The van der Waals surface area contributed by atoms with Gasteiger partial charge in [0.2, 0.25) is 0 Å². The number of pyridine rings is 2. The highest BCUT2D eigenvalue weighted by molar-refractivity contribution is 7.98. The van der Waals surface area contributed by atoms with Crippen molar-refractivity contribution in [2.24, 2.45) is 0 Å². The van der Waals surface area contributed by atoms with Gasteiger partial charge in [-0.3, -0.25) is 14.6 Å². The highest BCUT2D eigenvalue weighted by Crippen LogP contribution is 2.27. The first-order chi connectivity index (χ1) is 32.4. The number of nitrogens with zero attached hydrogens (tertiary/aromatic N) is 8. The number of hydrogen-bond acceptors (Lipinski definition) is 12. The molecule has 0 spiro atoms. The highest BCUT2D eigenvalue weighted by atomic mass is 32.2. The first-order valence-electron chi connectivity index (χ1n) is 21.3. The molecule has 4 aromatic heterocycles. The molecule has 1 unspecified atom stereocenters. The van der Waals surface area contributed by atoms with E-state index < -0.39 is 0 Å². The van der Waals surface area contributed by atoms with E-state index in [4.69, 9.17) is 9.72 Å². The van der Waals surface area contributed by atoms with Crippen LogP contribution in [0.25, 0.3) is 33.2 Å². The molecule has 0 amide bonds. The molecule has 14 heteroatoms. The predicted octanol–water partition coefficient (Wildman–Crippen LogP) is 10.0. The molecule has 4 heterocycles. The maximum Gasteiger partial charge on any atom is 0.179 e. The molecule has 2 N–H and O–H groups in total. The molecule has 10 rings (SSSR count). The topological polar surface area (TPSA) is 178 Å². The fraction of sp³-hybridized carbons (Fsp3) is 0.115. The lowest BCUT2D eigenvalue weighted by molar-refractivity contribution is 0.0963. The summed E-state index contributed by atoms with van der Waals surface area (Å²) >= 11 is 1.68. The van der Waals surface area contributed by atoms with Gasteiger partial charge in [0, 0.05) is 56.9 Å². The van der Waals surface area contributed by atoms with Crippen LogP contribution < -0.4 is 4.74 Å². The average molecular weight is 887 g/mol. The zero-order valence-corrected chi connectivity index (χ0v) is 36.6. The smallest absolute Gasteiger partial charge is 0.179 e. The Morgan fingerprint density at radius 3 is 2.08 bits per heavy atom. The van der Waals surface area contributed by atoms with Crippen LogP contribution in [-0.2, 0) is 25.2 Å². The second-order valence-electron chi connectivity index (χ2n) is 15.5. The maximum atomic E-state index is 13.2. The molecule has 1 atom stereocenters. The Hall–Kier alpha value is -8.23. The van der Waals surface area contributed by atoms with E-state index in [2.05, 4.69) is 64.4 Å². The fourth-order valence-corrected chi connectivity index (χ4v) is 8.22. The van der Waals surface area contributed by atoms with E-state index in [1.54, 1.807) is 17.8 Å². The van der Waals surface area contributed by atoms with Gasteiger partial charge in [-0.1, -0.05) is 122 Å². The molecule has 10 aromatic rings. The van der Waals surface area contributed by atoms with E-state index in [-0.39, 0.29) is 17.5 Å². The summed E-state index contributed by atoms with van der Waals surface area (Å²) in [5.74, 6) is 2.51. The monoisotopic (exact) mass is 886 g/mol. The second-order valence-corrected chi connectivity index (χ2v) is 16.6. The summed E-state index contributed by atoms with van der Waals surface area (Å²) in [4.78, 5) is 36.5. The van der Waals surface area contributed by atoms with E-state index in [9.17, 15) is 9.59 Å². The Labute approximate surface area is 384 Å². The van der Waals surface area contributed by atoms with Gasteiger partial charge in [-0.05, 0) is 92.1 Å². The first-order valence-corrected chi connectivity index (χ1v) is 22.3. The van der Waals surface area contributed by atoms with Crippen molar-refractivity contribution in [1.82, 2.24) is 51.2 Å². The maximum absolute atomic E-state index is 13.2. The number of hydrogen-bond donors (Lipinski definition) is 2. The van der Waals surface area contributed by atoms with Crippen molar-refractivity contribution in [3.05, 3.63) is 215 Å². The minimum atomic E-state index is -0.279. The summed E-state index contributed by atoms with van der Waals surface area (Å²) in [7, 11) is 0. The number of para-hydroxylation sites is 2. The van der Waals surface area contributed by atoms with Gasteiger partial charge in [0.15, 0.2) is 23.2 Å². The second kappa shape index (κ2) is 20.5. The third-order valence-electron chi connectivity index (χ3n) is 10.9. The molecule has 6 aromatic carbocycles. The number of carbonyl (C=O) groups excluding carboxylic acids is 2. The van der Waals surface area contributed by atoms with Crippen molar-refractivity contribution < 1.29 is 14.3 Å². The highest BCUT2D eigenvalue weighted by Gasteiger charge is 2.18. The van der Waals surface area contributed by atoms with Crippen molar-refractivity contribution in [2.75, 3.05) is 0 Å². The molecule has 0 fully saturated rings. The van der Waals surface area contributed by atoms with Crippen molar-refractivity contribution in [3.8, 4) is 17.1 Å². The number of ether oxygens (including phenoxy) is 1. The molecule has 0 saturated carbocycles. The molecule has 0 radical (unpaired) electrons. The molecular formula is C52H42N10O3S. The summed E-state index contributed by atoms with van der Waals surface area (Å²) in [5, 5.41) is 30.0. The van der Waals surface area contributed by atoms with Gasteiger partial charge < -0.3 is 4.74 Å². The minimum Gasteiger partial charge on any atom is -0.487 e. The number of thioether (sulfide) groups is 1. The molecule has 0 saturated heterocycles. The van der Waals surface area contributed by atoms with Crippen LogP contribution in [0, 0.1) is 0 Å². The largest absolute Gasteiger partial charge is 0.487 e. The Morgan fingerprint density at radius 1 is 0.621 bits per heavy atom. The van der Waals surface area contributed by atoms with E-state index in [0.29, 0.717) is 48.0 Å². The van der Waals surface area contributed by atoms with Crippen molar-refractivity contribution in [1.29, 1.82) is 0 Å². The Kier molecular flexibility index (Phi) is 13.4. The third-order valence-corrected chi connectivity index (χ3v) is 11.9. The van der Waals surface area contributed by atoms with Crippen LogP contribution in [0.3, 0.4) is 0 Å². The van der Waals surface area contributed by atoms with Gasteiger partial charge in [0.25, 0.3) is 0 Å². The normalized spacial score (nSPS) is 11.5. The number of aromatic nitrogens is 10. The summed E-state index contributed by atoms with van der Waals surface area (Å²) in [6.07, 6.45) is 0.927. The first kappa shape index (κ1) is 43.0. The van der Waals surface area contributed by atoms with Crippen molar-refractivity contribution in [3.63, 3.8) is 0 Å². The summed E-state index contributed by atoms with van der Waals surface area (Å²) in [6.45, 7) is 2.25. The lowest BCUT2D eigenvalue weighted by Crippen LogP contribution is -2.10. The quantitative estimate of drug-likeness (QED) is 0.0737. The van der Waals surface area contributed by atoms with Crippen LogP contribution in [0.1, 0.15) is 67.5 Å². The standard InChI is InChI=1S/C27H23N5O2.C25H19N5OS/c1-18(20-11-9-19(10-12-20)15-26-29-31-32-30-26)27(33)22-6-4-7-24(16-22)34-17-23-14-13-21-5-2-3-8-25(21)28-23;31-24(14-17-5-3-8-20(13-17)25-27-29-30-28-25)19-7-4-9-22(15-19)32-16-21-12-11-18-6-1-2-10-23(18)26-21/h2-14,16,18H,15,17H2,1H3,(H,29,30,31,32);1-13,15H,14,16H2,(H,27,28,29,30). The molecule has 13 nitrogen and oxygen atoms in total. The molecular weight excluding hydrogens is 845 g/mol. The van der Waals surface area contributed by atoms with Gasteiger partial charge in [0.1, 0.15) is 12.4 Å². The minimum absolute atomic E-state index is 0.0430. The van der Waals surface area contributed by atoms with Crippen LogP contribution in [0.4, 0.5) is 0 Å². The summed E-state index contributed by atoms with van der Waals surface area (Å²) in [5.41, 5.74) is 8.91. The van der Waals surface area contributed by atoms with Crippen molar-refractivity contribution in [2.45, 2.75) is 42.9 Å². The van der Waals surface area contributed by atoms with E-state index in [1.807, 2.05) is 153 Å². The predicted molar refractivity (Wildman–Crippen MR) is 254 cm³/mol. The molecule has 324 valence electrons. The van der Waals surface area contributed by atoms with Crippen LogP contribution in [0.2, 0.25) is 0 Å². The van der Waals surface area contributed by atoms with Gasteiger partial charge in [-0.15, -0.1) is 22.0 Å². The van der Waals surface area contributed by atoms with E-state index in [1.165, 1.54) is 0 Å². The fourth-order valence-electron chi connectivity index (χ4n) is 7.36. The number of nitrogens with one attached hydrogen (secondary N) is 2. The molecule has 66 heavy (non-hydrogen) atoms. The van der Waals surface area contributed by atoms with Gasteiger partial charge in [-0.25, -0.2) is 15.2 Å². The zero-order chi connectivity index (χ0) is 45.1. The number of tetrazole rings is 2. The Bertz CT molecular complexity index is 3240. The van der Waals surface area contributed by atoms with Crippen molar-refractivity contribution >= 4 is 45.1 Å². The lowest BCUT2D eigenvalue weighted by atomic mass is 9.91. The van der Waals surface area contributed by atoms with Crippen LogP contribution >= 0.6 is 11.8 Å². The van der Waals surface area contributed by atoms with Crippen LogP contribution in [0.5, 0.6) is 5.75 Å². The number of Topliss-reactive ketones (excluding diaryl/α,β-unsaturated/α-hetero) is 2. The number of rotatable bonds is 15. The van der Waals surface area contributed by atoms with Crippen LogP contribution in [0.15, 0.2) is 175 Å². The Morgan fingerprint density at radius 2 is 1.32 bits per heavy atom. The van der Waals surface area contributed by atoms with E-state index >= 15 is 0 Å². The van der Waals surface area contributed by atoms with Gasteiger partial charge in [-0.2, -0.15) is 0 Å². The third kappa shape index (κ3) is 10.9. The number of H-pyrrole nitrogens is 2. The Balaban J connectivity index is 0.000000166. The number of benzene rings is 6. The lowest BCUT2D eigenvalue weighted by Gasteiger charge is -2.13. The zero-order valence-electron chi connectivity index (χ0n) is 35.8. The SMILES string of the molecule is CC(C(=O)c1cccc(OCc2ccc3ccccc3n2)c1)c1ccc(Cc2nnn[nH]2)cc1.O=C(Cc1cccc(-c2nnn[nH]2)c1)c1cccc(SCc2ccc3ccccc3n2)c1. The molecule has 0 aliphatic rings. The molecule has 0 aliphatic heterocycles. The number of fused-ring (bicyclic) bond motifs is 2. The molecule has 0 bridgehead atoms. The summed E-state index contributed by atoms with van der Waals surface area (Å²) in [6, 6.07) is 55.0. The van der Waals surface area contributed by atoms with E-state index in [0.717, 1.165) is 66.1 Å². The average Bonchev–Trinajstić information content (AvgIpc) is 4.11. The molecule has 0 aliphatic carbocycles. The van der Waals surface area contributed by atoms with Gasteiger partial charge in [0.05, 0.1) is 22.4 Å². The number of carbonyl (C=O) groups is 2. The van der Waals surface area contributed by atoms with Gasteiger partial charge >= 0.3 is 0 Å². The number of ketones is 2. The van der Waals surface area contributed by atoms with Crippen LogP contribution in [-0.4, -0.2) is 62.8 Å².